The highest BCUT2D eigenvalue weighted by Gasteiger charge is 2.38. The molecule has 2 aromatic rings. The first-order valence-electron chi connectivity index (χ1n) is 9.13. The second-order valence-corrected chi connectivity index (χ2v) is 8.08. The van der Waals surface area contributed by atoms with E-state index in [2.05, 4.69) is 66.7 Å². The van der Waals surface area contributed by atoms with E-state index in [4.69, 9.17) is 4.99 Å². The Kier molecular flexibility index (Phi) is 7.88. The van der Waals surface area contributed by atoms with Crippen molar-refractivity contribution in [3.63, 3.8) is 0 Å². The maximum absolute atomic E-state index is 4.78. The molecule has 142 valence electrons. The van der Waals surface area contributed by atoms with Gasteiger partial charge >= 0.3 is 0 Å². The lowest BCUT2D eigenvalue weighted by Gasteiger charge is -2.43. The minimum Gasteiger partial charge on any atom is -0.357 e. The predicted molar refractivity (Wildman–Crippen MR) is 122 cm³/mol. The first kappa shape index (κ1) is 21.2. The van der Waals surface area contributed by atoms with E-state index in [0.29, 0.717) is 6.54 Å². The van der Waals surface area contributed by atoms with Crippen LogP contribution in [0.1, 0.15) is 47.3 Å². The third kappa shape index (κ3) is 4.97. The average molecular weight is 484 g/mol. The van der Waals surface area contributed by atoms with Crippen LogP contribution < -0.4 is 10.6 Å². The summed E-state index contributed by atoms with van der Waals surface area (Å²) in [6, 6.07) is 10.9. The van der Waals surface area contributed by atoms with Gasteiger partial charge in [0.05, 0.1) is 17.2 Å². The summed E-state index contributed by atoms with van der Waals surface area (Å²) in [6.07, 6.45) is 3.80. The monoisotopic (exact) mass is 484 g/mol. The maximum atomic E-state index is 4.78. The molecule has 0 aliphatic heterocycles. The van der Waals surface area contributed by atoms with Crippen LogP contribution in [0.5, 0.6) is 0 Å². The average Bonchev–Trinajstić information content (AvgIpc) is 2.90. The summed E-state index contributed by atoms with van der Waals surface area (Å²) in [5, 5.41) is 8.07. The van der Waals surface area contributed by atoms with Crippen molar-refractivity contribution in [1.29, 1.82) is 0 Å². The normalized spacial score (nSPS) is 15.7. The molecule has 1 aromatic heterocycles. The molecular weight excluding hydrogens is 455 g/mol. The number of hydrogen-bond acceptors (Lipinski definition) is 3. The van der Waals surface area contributed by atoms with E-state index in [1.165, 1.54) is 29.7 Å². The number of nitrogens with zero attached hydrogens (tertiary/aromatic N) is 2. The smallest absolute Gasteiger partial charge is 0.191 e. The molecule has 0 spiro atoms. The SMILES string of the molecule is CCNC(=NCc1sc(C)nc1C)NCC1(c2ccccc2)CCC1.I. The molecule has 0 radical (unpaired) electrons. The summed E-state index contributed by atoms with van der Waals surface area (Å²) in [6.45, 7) is 8.71. The van der Waals surface area contributed by atoms with Crippen molar-refractivity contribution in [3.05, 3.63) is 51.5 Å². The first-order valence-corrected chi connectivity index (χ1v) is 9.95. The second-order valence-electron chi connectivity index (χ2n) is 6.79. The van der Waals surface area contributed by atoms with Crippen LogP contribution >= 0.6 is 35.3 Å². The Hall–Kier alpha value is -1.15. The Morgan fingerprint density at radius 3 is 2.46 bits per heavy atom. The highest BCUT2D eigenvalue weighted by Crippen LogP contribution is 2.43. The highest BCUT2D eigenvalue weighted by molar-refractivity contribution is 14.0. The number of nitrogens with one attached hydrogen (secondary N) is 2. The van der Waals surface area contributed by atoms with Crippen LogP contribution in [-0.2, 0) is 12.0 Å². The van der Waals surface area contributed by atoms with Crippen molar-refractivity contribution in [2.45, 2.75) is 52.0 Å². The first-order chi connectivity index (χ1) is 12.1. The van der Waals surface area contributed by atoms with E-state index in [1.54, 1.807) is 11.3 Å². The minimum atomic E-state index is 0. The molecule has 3 rings (SSSR count). The number of hydrogen-bond donors (Lipinski definition) is 2. The van der Waals surface area contributed by atoms with Gasteiger partial charge in [-0.2, -0.15) is 0 Å². The van der Waals surface area contributed by atoms with Crippen molar-refractivity contribution >= 4 is 41.3 Å². The fourth-order valence-electron chi connectivity index (χ4n) is 3.43. The van der Waals surface area contributed by atoms with Gasteiger partial charge in [0, 0.05) is 23.4 Å². The molecule has 1 heterocycles. The van der Waals surface area contributed by atoms with Crippen LogP contribution in [0.4, 0.5) is 0 Å². The molecule has 1 fully saturated rings. The molecule has 1 saturated carbocycles. The van der Waals surface area contributed by atoms with Crippen molar-refractivity contribution in [1.82, 2.24) is 15.6 Å². The number of benzene rings is 1. The molecule has 4 nitrogen and oxygen atoms in total. The Bertz CT molecular complexity index is 723. The van der Waals surface area contributed by atoms with Crippen LogP contribution in [0.15, 0.2) is 35.3 Å². The predicted octanol–water partition coefficient (Wildman–Crippen LogP) is 4.55. The molecule has 0 atom stereocenters. The van der Waals surface area contributed by atoms with Gasteiger partial charge in [0.25, 0.3) is 0 Å². The molecule has 0 saturated heterocycles. The molecule has 26 heavy (non-hydrogen) atoms. The van der Waals surface area contributed by atoms with Gasteiger partial charge in [-0.3, -0.25) is 0 Å². The topological polar surface area (TPSA) is 49.3 Å². The lowest BCUT2D eigenvalue weighted by molar-refractivity contribution is 0.244. The van der Waals surface area contributed by atoms with Crippen LogP contribution in [-0.4, -0.2) is 24.0 Å². The van der Waals surface area contributed by atoms with Crippen LogP contribution in [0, 0.1) is 13.8 Å². The molecule has 0 bridgehead atoms. The highest BCUT2D eigenvalue weighted by atomic mass is 127. The lowest BCUT2D eigenvalue weighted by atomic mass is 9.64. The second kappa shape index (κ2) is 9.69. The van der Waals surface area contributed by atoms with E-state index in [9.17, 15) is 0 Å². The zero-order valence-corrected chi connectivity index (χ0v) is 19.0. The van der Waals surface area contributed by atoms with Crippen LogP contribution in [0.25, 0.3) is 0 Å². The molecule has 0 amide bonds. The van der Waals surface area contributed by atoms with Crippen LogP contribution in [0.3, 0.4) is 0 Å². The van der Waals surface area contributed by atoms with Crippen molar-refractivity contribution in [2.24, 2.45) is 4.99 Å². The third-order valence-electron chi connectivity index (χ3n) is 5.02. The number of aliphatic imine (C=N–C) groups is 1. The van der Waals surface area contributed by atoms with Gasteiger partial charge in [-0.15, -0.1) is 35.3 Å². The van der Waals surface area contributed by atoms with Gasteiger partial charge in [0.2, 0.25) is 0 Å². The summed E-state index contributed by atoms with van der Waals surface area (Å²) in [7, 11) is 0. The van der Waals surface area contributed by atoms with E-state index >= 15 is 0 Å². The van der Waals surface area contributed by atoms with Gasteiger partial charge in [-0.05, 0) is 39.2 Å². The molecule has 1 aliphatic rings. The van der Waals surface area contributed by atoms with Crippen molar-refractivity contribution in [2.75, 3.05) is 13.1 Å². The maximum Gasteiger partial charge on any atom is 0.191 e. The molecular formula is C20H29IN4S. The van der Waals surface area contributed by atoms with Gasteiger partial charge in [-0.25, -0.2) is 9.98 Å². The molecule has 1 aliphatic carbocycles. The number of aryl methyl sites for hydroxylation is 2. The molecule has 1 aromatic carbocycles. The molecule has 2 N–H and O–H groups in total. The van der Waals surface area contributed by atoms with Crippen molar-refractivity contribution < 1.29 is 0 Å². The fraction of sp³-hybridized carbons (Fsp3) is 0.500. The Balaban J connectivity index is 0.00000243. The largest absolute Gasteiger partial charge is 0.357 e. The summed E-state index contributed by atoms with van der Waals surface area (Å²) >= 11 is 1.74. The van der Waals surface area contributed by atoms with E-state index in [-0.39, 0.29) is 29.4 Å². The van der Waals surface area contributed by atoms with Gasteiger partial charge in [-0.1, -0.05) is 36.8 Å². The van der Waals surface area contributed by atoms with Gasteiger partial charge < -0.3 is 10.6 Å². The summed E-state index contributed by atoms with van der Waals surface area (Å²) in [5.74, 6) is 0.898. The number of thiazole rings is 1. The van der Waals surface area contributed by atoms with E-state index in [1.807, 2.05) is 0 Å². The summed E-state index contributed by atoms with van der Waals surface area (Å²) in [5.41, 5.74) is 2.80. The van der Waals surface area contributed by atoms with E-state index < -0.39 is 0 Å². The number of aromatic nitrogens is 1. The molecule has 6 heteroatoms. The van der Waals surface area contributed by atoms with Gasteiger partial charge in [0.15, 0.2) is 5.96 Å². The third-order valence-corrected chi connectivity index (χ3v) is 6.07. The van der Waals surface area contributed by atoms with E-state index in [0.717, 1.165) is 29.8 Å². The lowest BCUT2D eigenvalue weighted by Crippen LogP contribution is -2.48. The summed E-state index contributed by atoms with van der Waals surface area (Å²) in [4.78, 5) is 10.5. The van der Waals surface area contributed by atoms with Crippen LogP contribution in [0.2, 0.25) is 0 Å². The zero-order valence-electron chi connectivity index (χ0n) is 15.8. The number of rotatable bonds is 6. The fourth-order valence-corrected chi connectivity index (χ4v) is 4.29. The quantitative estimate of drug-likeness (QED) is 0.359. The standard InChI is InChI=1S/C20H28N4S.HI/c1-4-21-19(22-13-18-15(2)24-16(3)25-18)23-14-20(11-8-12-20)17-9-6-5-7-10-17;/h5-7,9-10H,4,8,11-14H2,1-3H3,(H2,21,22,23);1H. The number of guanidine groups is 1. The van der Waals surface area contributed by atoms with Crippen molar-refractivity contribution in [3.8, 4) is 0 Å². The summed E-state index contributed by atoms with van der Waals surface area (Å²) < 4.78 is 0. The zero-order chi connectivity index (χ0) is 17.7. The Morgan fingerprint density at radius 2 is 1.92 bits per heavy atom. The Morgan fingerprint density at radius 1 is 1.19 bits per heavy atom. The minimum absolute atomic E-state index is 0. The Labute approximate surface area is 177 Å². The van der Waals surface area contributed by atoms with Gasteiger partial charge in [0.1, 0.15) is 0 Å². The molecule has 0 unspecified atom stereocenters. The number of halogens is 1.